The monoisotopic (exact) mass is 360 g/mol. The van der Waals surface area contributed by atoms with Gasteiger partial charge >= 0.3 is 0 Å². The number of anilines is 1. The van der Waals surface area contributed by atoms with Crippen LogP contribution in [0.3, 0.4) is 0 Å². The van der Waals surface area contributed by atoms with Crippen LogP contribution in [-0.4, -0.2) is 48.9 Å². The second-order valence-electron chi connectivity index (χ2n) is 6.81. The van der Waals surface area contributed by atoms with Gasteiger partial charge < -0.3 is 10.2 Å². The summed E-state index contributed by atoms with van der Waals surface area (Å²) in [5, 5.41) is 12.1. The van der Waals surface area contributed by atoms with Crippen molar-refractivity contribution in [3.8, 4) is 6.07 Å². The van der Waals surface area contributed by atoms with Crippen molar-refractivity contribution < 1.29 is 4.79 Å². The first kappa shape index (κ1) is 18.8. The van der Waals surface area contributed by atoms with Crippen molar-refractivity contribution in [3.63, 3.8) is 0 Å². The van der Waals surface area contributed by atoms with Crippen LogP contribution in [0.1, 0.15) is 11.1 Å². The fourth-order valence-electron chi connectivity index (χ4n) is 3.02. The molecule has 27 heavy (non-hydrogen) atoms. The van der Waals surface area contributed by atoms with Crippen molar-refractivity contribution in [1.82, 2.24) is 9.80 Å². The summed E-state index contributed by atoms with van der Waals surface area (Å²) < 4.78 is 0. The largest absolute Gasteiger partial charge is 0.321 e. The van der Waals surface area contributed by atoms with Crippen LogP contribution in [0.25, 0.3) is 6.08 Å². The summed E-state index contributed by atoms with van der Waals surface area (Å²) in [6.07, 6.45) is 1.59. The zero-order chi connectivity index (χ0) is 19.1. The second-order valence-corrected chi connectivity index (χ2v) is 6.81. The standard InChI is InChI=1S/C22H24N4O/c1-25-11-13-26(14-12-25)17-19-7-9-21(10-8-19)24-22(27)20(16-23)15-18-5-3-2-4-6-18/h2-10,15H,11-14,17H2,1H3,(H,24,27)/b20-15+. The summed E-state index contributed by atoms with van der Waals surface area (Å²) in [6, 6.07) is 19.2. The molecule has 0 radical (unpaired) electrons. The molecule has 1 amide bonds. The third-order valence-corrected chi connectivity index (χ3v) is 4.69. The van der Waals surface area contributed by atoms with E-state index >= 15 is 0 Å². The number of carbonyl (C=O) groups excluding carboxylic acids is 1. The number of piperazine rings is 1. The van der Waals surface area contributed by atoms with Crippen molar-refractivity contribution in [2.45, 2.75) is 6.54 Å². The topological polar surface area (TPSA) is 59.4 Å². The van der Waals surface area contributed by atoms with Crippen LogP contribution in [0, 0.1) is 11.3 Å². The predicted molar refractivity (Wildman–Crippen MR) is 108 cm³/mol. The molecule has 3 rings (SSSR count). The Morgan fingerprint density at radius 2 is 1.74 bits per heavy atom. The SMILES string of the molecule is CN1CCN(Cc2ccc(NC(=O)/C(C#N)=C/c3ccccc3)cc2)CC1. The average molecular weight is 360 g/mol. The number of rotatable bonds is 5. The van der Waals surface area contributed by atoms with Gasteiger partial charge in [0.2, 0.25) is 0 Å². The number of amides is 1. The van der Waals surface area contributed by atoms with E-state index in [-0.39, 0.29) is 5.57 Å². The van der Waals surface area contributed by atoms with Gasteiger partial charge in [0.15, 0.2) is 0 Å². The first-order chi connectivity index (χ1) is 13.1. The molecular formula is C22H24N4O. The van der Waals surface area contributed by atoms with Gasteiger partial charge in [0, 0.05) is 38.4 Å². The Morgan fingerprint density at radius 3 is 2.37 bits per heavy atom. The van der Waals surface area contributed by atoms with Gasteiger partial charge in [-0.1, -0.05) is 42.5 Å². The number of hydrogen-bond donors (Lipinski definition) is 1. The fourth-order valence-corrected chi connectivity index (χ4v) is 3.02. The molecule has 2 aromatic carbocycles. The van der Waals surface area contributed by atoms with Gasteiger partial charge in [0.05, 0.1) is 0 Å². The summed E-state index contributed by atoms with van der Waals surface area (Å²) >= 11 is 0. The molecule has 1 heterocycles. The normalized spacial score (nSPS) is 15.9. The molecule has 1 aliphatic heterocycles. The maximum Gasteiger partial charge on any atom is 0.266 e. The molecular weight excluding hydrogens is 336 g/mol. The van der Waals surface area contributed by atoms with E-state index in [9.17, 15) is 10.1 Å². The Morgan fingerprint density at radius 1 is 1.07 bits per heavy atom. The Kier molecular flexibility index (Phi) is 6.37. The number of nitrogens with one attached hydrogen (secondary N) is 1. The molecule has 138 valence electrons. The molecule has 0 aromatic heterocycles. The lowest BCUT2D eigenvalue weighted by atomic mass is 10.1. The number of hydrogen-bond acceptors (Lipinski definition) is 4. The number of nitriles is 1. The van der Waals surface area contributed by atoms with Crippen molar-refractivity contribution in [3.05, 3.63) is 71.3 Å². The highest BCUT2D eigenvalue weighted by Gasteiger charge is 2.14. The van der Waals surface area contributed by atoms with Crippen LogP contribution in [0.5, 0.6) is 0 Å². The Labute approximate surface area is 160 Å². The van der Waals surface area contributed by atoms with Crippen LogP contribution in [0.15, 0.2) is 60.2 Å². The van der Waals surface area contributed by atoms with Gasteiger partial charge in [-0.05, 0) is 36.4 Å². The van der Waals surface area contributed by atoms with Gasteiger partial charge in [-0.3, -0.25) is 9.69 Å². The second kappa shape index (κ2) is 9.13. The van der Waals surface area contributed by atoms with E-state index in [4.69, 9.17) is 0 Å². The molecule has 1 aliphatic rings. The summed E-state index contributed by atoms with van der Waals surface area (Å²) in [4.78, 5) is 17.1. The highest BCUT2D eigenvalue weighted by molar-refractivity contribution is 6.09. The van der Waals surface area contributed by atoms with Crippen molar-refractivity contribution in [1.29, 1.82) is 5.26 Å². The molecule has 0 aliphatic carbocycles. The van der Waals surface area contributed by atoms with E-state index in [0.717, 1.165) is 38.3 Å². The van der Waals surface area contributed by atoms with Crippen LogP contribution in [0.2, 0.25) is 0 Å². The van der Waals surface area contributed by atoms with Gasteiger partial charge in [-0.25, -0.2) is 0 Å². The van der Waals surface area contributed by atoms with Gasteiger partial charge in [-0.2, -0.15) is 5.26 Å². The first-order valence-corrected chi connectivity index (χ1v) is 9.12. The molecule has 2 aromatic rings. The number of nitrogens with zero attached hydrogens (tertiary/aromatic N) is 3. The number of carbonyl (C=O) groups is 1. The van der Waals surface area contributed by atoms with Crippen LogP contribution < -0.4 is 5.32 Å². The molecule has 0 unspecified atom stereocenters. The maximum atomic E-state index is 12.4. The van der Waals surface area contributed by atoms with E-state index in [1.54, 1.807) is 6.08 Å². The Balaban J connectivity index is 1.59. The van der Waals surface area contributed by atoms with Crippen molar-refractivity contribution >= 4 is 17.7 Å². The summed E-state index contributed by atoms with van der Waals surface area (Å²) in [5.41, 5.74) is 2.82. The number of benzene rings is 2. The molecule has 0 saturated carbocycles. The third-order valence-electron chi connectivity index (χ3n) is 4.69. The zero-order valence-electron chi connectivity index (χ0n) is 15.6. The highest BCUT2D eigenvalue weighted by atomic mass is 16.1. The lowest BCUT2D eigenvalue weighted by molar-refractivity contribution is -0.112. The van der Waals surface area contributed by atoms with Crippen molar-refractivity contribution in [2.75, 3.05) is 38.5 Å². The van der Waals surface area contributed by atoms with E-state index < -0.39 is 5.91 Å². The smallest absolute Gasteiger partial charge is 0.266 e. The predicted octanol–water partition coefficient (Wildman–Crippen LogP) is 2.98. The molecule has 5 heteroatoms. The van der Waals surface area contributed by atoms with E-state index in [1.807, 2.05) is 60.7 Å². The van der Waals surface area contributed by atoms with E-state index in [0.29, 0.717) is 5.69 Å². The van der Waals surface area contributed by atoms with Crippen LogP contribution in [-0.2, 0) is 11.3 Å². The lowest BCUT2D eigenvalue weighted by Crippen LogP contribution is -2.43. The minimum atomic E-state index is -0.395. The third kappa shape index (κ3) is 5.52. The average Bonchev–Trinajstić information content (AvgIpc) is 2.70. The maximum absolute atomic E-state index is 12.4. The molecule has 0 bridgehead atoms. The lowest BCUT2D eigenvalue weighted by Gasteiger charge is -2.32. The minimum absolute atomic E-state index is 0.0858. The van der Waals surface area contributed by atoms with Crippen LogP contribution in [0.4, 0.5) is 5.69 Å². The van der Waals surface area contributed by atoms with Crippen molar-refractivity contribution in [2.24, 2.45) is 0 Å². The zero-order valence-corrected chi connectivity index (χ0v) is 15.6. The Hall–Kier alpha value is -2.94. The van der Waals surface area contributed by atoms with Gasteiger partial charge in [0.25, 0.3) is 5.91 Å². The first-order valence-electron chi connectivity index (χ1n) is 9.12. The minimum Gasteiger partial charge on any atom is -0.321 e. The Bertz CT molecular complexity index is 829. The van der Waals surface area contributed by atoms with Crippen LogP contribution >= 0.6 is 0 Å². The molecule has 0 spiro atoms. The highest BCUT2D eigenvalue weighted by Crippen LogP contribution is 2.14. The molecule has 1 N–H and O–H groups in total. The molecule has 1 saturated heterocycles. The fraction of sp³-hybridized carbons (Fsp3) is 0.273. The molecule has 5 nitrogen and oxygen atoms in total. The van der Waals surface area contributed by atoms with E-state index in [2.05, 4.69) is 22.2 Å². The summed E-state index contributed by atoms with van der Waals surface area (Å²) in [6.45, 7) is 5.26. The van der Waals surface area contributed by atoms with Gasteiger partial charge in [0.1, 0.15) is 11.6 Å². The van der Waals surface area contributed by atoms with E-state index in [1.165, 1.54) is 5.56 Å². The molecule has 0 atom stereocenters. The summed E-state index contributed by atoms with van der Waals surface area (Å²) in [5.74, 6) is -0.395. The van der Waals surface area contributed by atoms with Gasteiger partial charge in [-0.15, -0.1) is 0 Å². The quantitative estimate of drug-likeness (QED) is 0.658. The molecule has 1 fully saturated rings. The summed E-state index contributed by atoms with van der Waals surface area (Å²) in [7, 11) is 2.15. The number of likely N-dealkylation sites (N-methyl/N-ethyl adjacent to an activating group) is 1.